The molecule has 0 spiro atoms. The summed E-state index contributed by atoms with van der Waals surface area (Å²) in [6, 6.07) is 3.32. The van der Waals surface area contributed by atoms with Gasteiger partial charge >= 0.3 is 0 Å². The summed E-state index contributed by atoms with van der Waals surface area (Å²) in [6.45, 7) is 3.47. The summed E-state index contributed by atoms with van der Waals surface area (Å²) in [5.74, 6) is -0.434. The SMILES string of the molecule is CN1CCN(c2nncc(Nc3ccc(F)cc3F)n2)CC1. The van der Waals surface area contributed by atoms with Gasteiger partial charge in [-0.25, -0.2) is 8.78 Å². The molecule has 0 aliphatic carbocycles. The summed E-state index contributed by atoms with van der Waals surface area (Å²) in [6.07, 6.45) is 1.41. The zero-order valence-corrected chi connectivity index (χ0v) is 12.1. The first-order valence-electron chi connectivity index (χ1n) is 6.97. The Bertz CT molecular complexity index is 658. The predicted molar refractivity (Wildman–Crippen MR) is 79.2 cm³/mol. The van der Waals surface area contributed by atoms with E-state index in [1.807, 2.05) is 4.90 Å². The fourth-order valence-electron chi connectivity index (χ4n) is 2.22. The van der Waals surface area contributed by atoms with E-state index >= 15 is 0 Å². The van der Waals surface area contributed by atoms with E-state index in [-0.39, 0.29) is 5.69 Å². The van der Waals surface area contributed by atoms with Crippen molar-refractivity contribution >= 4 is 17.5 Å². The van der Waals surface area contributed by atoms with E-state index in [4.69, 9.17) is 0 Å². The number of hydrogen-bond donors (Lipinski definition) is 1. The van der Waals surface area contributed by atoms with E-state index in [1.165, 1.54) is 18.3 Å². The van der Waals surface area contributed by atoms with Crippen LogP contribution in [0.4, 0.5) is 26.2 Å². The second kappa shape index (κ2) is 6.18. The molecular weight excluding hydrogens is 290 g/mol. The topological polar surface area (TPSA) is 57.2 Å². The van der Waals surface area contributed by atoms with Crippen molar-refractivity contribution in [3.63, 3.8) is 0 Å². The maximum absolute atomic E-state index is 13.7. The number of benzene rings is 1. The molecule has 0 radical (unpaired) electrons. The Labute approximate surface area is 126 Å². The minimum absolute atomic E-state index is 0.145. The number of hydrogen-bond acceptors (Lipinski definition) is 6. The second-order valence-corrected chi connectivity index (χ2v) is 5.18. The van der Waals surface area contributed by atoms with Gasteiger partial charge in [0.05, 0.1) is 11.9 Å². The zero-order valence-electron chi connectivity index (χ0n) is 12.1. The molecule has 3 rings (SSSR count). The molecule has 1 N–H and O–H groups in total. The Morgan fingerprint density at radius 2 is 1.91 bits per heavy atom. The molecule has 1 aromatic heterocycles. The van der Waals surface area contributed by atoms with Crippen molar-refractivity contribution in [3.8, 4) is 0 Å². The van der Waals surface area contributed by atoms with Gasteiger partial charge in [-0.1, -0.05) is 0 Å². The van der Waals surface area contributed by atoms with Gasteiger partial charge in [-0.15, -0.1) is 5.10 Å². The monoisotopic (exact) mass is 306 g/mol. The summed E-state index contributed by atoms with van der Waals surface area (Å²) >= 11 is 0. The lowest BCUT2D eigenvalue weighted by atomic mass is 10.3. The fraction of sp³-hybridized carbons (Fsp3) is 0.357. The van der Waals surface area contributed by atoms with Gasteiger partial charge in [-0.2, -0.15) is 10.1 Å². The van der Waals surface area contributed by atoms with Gasteiger partial charge in [0.2, 0.25) is 5.95 Å². The number of halogens is 2. The Hall–Kier alpha value is -2.35. The number of anilines is 3. The van der Waals surface area contributed by atoms with Gasteiger partial charge in [0.25, 0.3) is 0 Å². The fourth-order valence-corrected chi connectivity index (χ4v) is 2.22. The van der Waals surface area contributed by atoms with Crippen molar-refractivity contribution in [1.82, 2.24) is 20.1 Å². The summed E-state index contributed by atoms with van der Waals surface area (Å²) in [5.41, 5.74) is 0.145. The first kappa shape index (κ1) is 14.6. The van der Waals surface area contributed by atoms with Crippen LogP contribution in [0.25, 0.3) is 0 Å². The van der Waals surface area contributed by atoms with Gasteiger partial charge in [0.1, 0.15) is 11.6 Å². The molecule has 0 amide bonds. The highest BCUT2D eigenvalue weighted by Crippen LogP contribution is 2.20. The Morgan fingerprint density at radius 1 is 1.14 bits per heavy atom. The predicted octanol–water partition coefficient (Wildman–Crippen LogP) is 1.65. The number of likely N-dealkylation sites (N-methyl/N-ethyl adjacent to an activating group) is 1. The highest BCUT2D eigenvalue weighted by Gasteiger charge is 2.17. The van der Waals surface area contributed by atoms with Crippen molar-refractivity contribution in [2.24, 2.45) is 0 Å². The molecule has 116 valence electrons. The Morgan fingerprint density at radius 3 is 2.64 bits per heavy atom. The van der Waals surface area contributed by atoms with Crippen LogP contribution in [0.5, 0.6) is 0 Å². The van der Waals surface area contributed by atoms with Crippen LogP contribution in [-0.4, -0.2) is 53.3 Å². The standard InChI is InChI=1S/C14H16F2N6/c1-21-4-6-22(7-5-21)14-19-13(9-17-20-14)18-12-3-2-10(15)8-11(12)16/h2-3,8-9H,4-7H2,1H3,(H,18,19,20). The van der Waals surface area contributed by atoms with Gasteiger partial charge in [-0.05, 0) is 19.2 Å². The molecule has 2 heterocycles. The lowest BCUT2D eigenvalue weighted by Crippen LogP contribution is -2.45. The molecule has 2 aromatic rings. The number of aromatic nitrogens is 3. The number of nitrogens with one attached hydrogen (secondary N) is 1. The summed E-state index contributed by atoms with van der Waals surface area (Å²) in [7, 11) is 2.06. The molecule has 1 aliphatic heterocycles. The van der Waals surface area contributed by atoms with Crippen molar-refractivity contribution in [1.29, 1.82) is 0 Å². The molecule has 1 fully saturated rings. The van der Waals surface area contributed by atoms with Crippen molar-refractivity contribution in [2.75, 3.05) is 43.4 Å². The van der Waals surface area contributed by atoms with Crippen LogP contribution in [0, 0.1) is 11.6 Å². The first-order valence-corrected chi connectivity index (χ1v) is 6.97. The van der Waals surface area contributed by atoms with Crippen molar-refractivity contribution in [2.45, 2.75) is 0 Å². The molecular formula is C14H16F2N6. The van der Waals surface area contributed by atoms with Crippen LogP contribution in [0.15, 0.2) is 24.4 Å². The van der Waals surface area contributed by atoms with Crippen molar-refractivity contribution in [3.05, 3.63) is 36.0 Å². The second-order valence-electron chi connectivity index (χ2n) is 5.18. The smallest absolute Gasteiger partial charge is 0.247 e. The molecule has 0 unspecified atom stereocenters. The number of nitrogens with zero attached hydrogens (tertiary/aromatic N) is 5. The lowest BCUT2D eigenvalue weighted by Gasteiger charge is -2.32. The summed E-state index contributed by atoms with van der Waals surface area (Å²) in [5, 5.41) is 10.7. The van der Waals surface area contributed by atoms with E-state index in [1.54, 1.807) is 0 Å². The molecule has 1 saturated heterocycles. The minimum Gasteiger partial charge on any atom is -0.337 e. The van der Waals surface area contributed by atoms with Crippen molar-refractivity contribution < 1.29 is 8.78 Å². The van der Waals surface area contributed by atoms with E-state index < -0.39 is 11.6 Å². The molecule has 1 aliphatic rings. The third-order valence-corrected chi connectivity index (χ3v) is 3.53. The largest absolute Gasteiger partial charge is 0.337 e. The lowest BCUT2D eigenvalue weighted by molar-refractivity contribution is 0.311. The zero-order chi connectivity index (χ0) is 15.5. The third kappa shape index (κ3) is 3.28. The molecule has 0 saturated carbocycles. The minimum atomic E-state index is -0.681. The molecule has 1 aromatic carbocycles. The Kier molecular flexibility index (Phi) is 4.10. The molecule has 8 heteroatoms. The number of piperazine rings is 1. The average molecular weight is 306 g/mol. The van der Waals surface area contributed by atoms with E-state index in [2.05, 4.69) is 32.4 Å². The molecule has 6 nitrogen and oxygen atoms in total. The van der Waals surface area contributed by atoms with Crippen LogP contribution >= 0.6 is 0 Å². The first-order chi connectivity index (χ1) is 10.6. The van der Waals surface area contributed by atoms with E-state index in [0.29, 0.717) is 11.8 Å². The van der Waals surface area contributed by atoms with Crippen LogP contribution in [0.1, 0.15) is 0 Å². The summed E-state index contributed by atoms with van der Waals surface area (Å²) in [4.78, 5) is 8.59. The molecule has 0 bridgehead atoms. The molecule has 0 atom stereocenters. The van der Waals surface area contributed by atoms with Crippen LogP contribution in [0.3, 0.4) is 0 Å². The van der Waals surface area contributed by atoms with E-state index in [0.717, 1.165) is 32.2 Å². The van der Waals surface area contributed by atoms with Crippen LogP contribution < -0.4 is 10.2 Å². The van der Waals surface area contributed by atoms with Crippen LogP contribution in [0.2, 0.25) is 0 Å². The quantitative estimate of drug-likeness (QED) is 0.930. The van der Waals surface area contributed by atoms with Gasteiger partial charge in [0.15, 0.2) is 5.82 Å². The normalized spacial score (nSPS) is 15.9. The van der Waals surface area contributed by atoms with E-state index in [9.17, 15) is 8.78 Å². The molecule has 22 heavy (non-hydrogen) atoms. The summed E-state index contributed by atoms with van der Waals surface area (Å²) < 4.78 is 26.6. The third-order valence-electron chi connectivity index (χ3n) is 3.53. The Balaban J connectivity index is 1.76. The highest BCUT2D eigenvalue weighted by atomic mass is 19.1. The van der Waals surface area contributed by atoms with Gasteiger partial charge < -0.3 is 15.1 Å². The highest BCUT2D eigenvalue weighted by molar-refractivity contribution is 5.56. The van der Waals surface area contributed by atoms with Crippen LogP contribution in [-0.2, 0) is 0 Å². The average Bonchev–Trinajstić information content (AvgIpc) is 2.51. The van der Waals surface area contributed by atoms with Gasteiger partial charge in [-0.3, -0.25) is 0 Å². The maximum Gasteiger partial charge on any atom is 0.247 e. The van der Waals surface area contributed by atoms with Gasteiger partial charge in [0, 0.05) is 32.2 Å². The maximum atomic E-state index is 13.7. The number of rotatable bonds is 3.